The monoisotopic (exact) mass is 688 g/mol. The highest BCUT2D eigenvalue weighted by Crippen LogP contribution is 2.42. The lowest BCUT2D eigenvalue weighted by atomic mass is 9.78. The van der Waals surface area contributed by atoms with E-state index in [4.69, 9.17) is 32.9 Å². The third-order valence-electron chi connectivity index (χ3n) is 10.4. The number of alkyl halides is 1. The van der Waals surface area contributed by atoms with Crippen molar-refractivity contribution in [3.63, 3.8) is 0 Å². The van der Waals surface area contributed by atoms with Crippen LogP contribution in [0.25, 0.3) is 0 Å². The second kappa shape index (κ2) is 17.5. The first-order chi connectivity index (χ1) is 22.5. The lowest BCUT2D eigenvalue weighted by Gasteiger charge is -2.43. The Bertz CT molecular complexity index is 1250. The highest BCUT2D eigenvalue weighted by Gasteiger charge is 2.36. The number of likely N-dealkylation sites (tertiary alicyclic amines) is 3. The van der Waals surface area contributed by atoms with E-state index < -0.39 is 5.60 Å². The van der Waals surface area contributed by atoms with Crippen LogP contribution in [0.15, 0.2) is 34.5 Å². The molecule has 3 heterocycles. The van der Waals surface area contributed by atoms with Crippen LogP contribution < -0.4 is 0 Å². The van der Waals surface area contributed by atoms with Gasteiger partial charge in [-0.2, -0.15) is 0 Å². The van der Waals surface area contributed by atoms with Gasteiger partial charge in [-0.3, -0.25) is 14.7 Å². The van der Waals surface area contributed by atoms with Crippen molar-refractivity contribution in [3.8, 4) is 0 Å². The molecule has 1 aliphatic carbocycles. The molecule has 2 amide bonds. The summed E-state index contributed by atoms with van der Waals surface area (Å²) in [5.41, 5.74) is 4.66. The van der Waals surface area contributed by atoms with Gasteiger partial charge in [0, 0.05) is 43.8 Å². The molecule has 7 nitrogen and oxygen atoms in total. The van der Waals surface area contributed by atoms with Crippen LogP contribution in [0.1, 0.15) is 110 Å². The van der Waals surface area contributed by atoms with Gasteiger partial charge >= 0.3 is 6.09 Å². The minimum absolute atomic E-state index is 0.135. The predicted molar refractivity (Wildman–Crippen MR) is 195 cm³/mol. The zero-order valence-corrected chi connectivity index (χ0v) is 31.2. The maximum atomic E-state index is 13.2. The molecule has 0 bridgehead atoms. The van der Waals surface area contributed by atoms with Crippen molar-refractivity contribution >= 4 is 41.4 Å². The first kappa shape index (κ1) is 37.7. The number of allylic oxidation sites excluding steroid dienone is 1. The van der Waals surface area contributed by atoms with Crippen LogP contribution in [-0.2, 0) is 16.0 Å². The normalized spacial score (nSPS) is 22.5. The predicted octanol–water partition coefficient (Wildman–Crippen LogP) is 8.92. The molecule has 9 heteroatoms. The number of benzene rings is 1. The van der Waals surface area contributed by atoms with E-state index in [1.165, 1.54) is 29.5 Å². The van der Waals surface area contributed by atoms with Crippen molar-refractivity contribution in [1.82, 2.24) is 14.7 Å². The summed E-state index contributed by atoms with van der Waals surface area (Å²) < 4.78 is 5.52. The SMILES string of the molecule is CC.CC1=C(N=CCCl)C(N2CCC(C3CCN(C(=O)CC4CCN(C(=O)OC(C)(C)C)CC4)CC3)CC2)c2ccc(Cl)cc2CC1. The second-order valence-corrected chi connectivity index (χ2v) is 15.3. The van der Waals surface area contributed by atoms with Gasteiger partial charge in [0.25, 0.3) is 0 Å². The van der Waals surface area contributed by atoms with E-state index in [0.717, 1.165) is 75.4 Å². The van der Waals surface area contributed by atoms with Gasteiger partial charge in [0.2, 0.25) is 5.91 Å². The molecule has 4 aliphatic rings. The summed E-state index contributed by atoms with van der Waals surface area (Å²) in [4.78, 5) is 37.1. The fourth-order valence-electron chi connectivity index (χ4n) is 7.86. The van der Waals surface area contributed by atoms with Crippen LogP contribution >= 0.6 is 23.2 Å². The van der Waals surface area contributed by atoms with E-state index in [1.807, 2.05) is 46.9 Å². The number of piperidine rings is 3. The van der Waals surface area contributed by atoms with Gasteiger partial charge in [-0.25, -0.2) is 4.79 Å². The van der Waals surface area contributed by atoms with Crippen molar-refractivity contribution in [1.29, 1.82) is 0 Å². The third-order valence-corrected chi connectivity index (χ3v) is 10.8. The number of halogens is 2. The Hall–Kier alpha value is -2.09. The fraction of sp³-hybridized carbons (Fsp3) is 0.711. The molecular formula is C38H58Cl2N4O3. The molecule has 1 unspecified atom stereocenters. The summed E-state index contributed by atoms with van der Waals surface area (Å²) in [5.74, 6) is 2.43. The molecule has 0 saturated carbocycles. The standard InChI is InChI=1S/C36H52Cl2N4O3.C2H6/c1-25-5-6-29-24-30(38)7-8-31(29)34(33(25)39-16-15-37)41-21-13-28(14-22-41)27-11-19-40(20-12-27)32(43)23-26-9-17-42(18-10-26)35(44)45-36(2,3)4;1-2/h7-8,16,24,26-28,34H,5-6,9-15,17-23H2,1-4H3;1-2H3. The zero-order valence-electron chi connectivity index (χ0n) is 29.7. The summed E-state index contributed by atoms with van der Waals surface area (Å²) in [6.07, 6.45) is 10.5. The van der Waals surface area contributed by atoms with Crippen molar-refractivity contribution in [3.05, 3.63) is 45.6 Å². The van der Waals surface area contributed by atoms with Crippen LogP contribution in [-0.4, -0.2) is 83.7 Å². The van der Waals surface area contributed by atoms with Crippen molar-refractivity contribution in [2.75, 3.05) is 45.1 Å². The fourth-order valence-corrected chi connectivity index (χ4v) is 8.13. The van der Waals surface area contributed by atoms with E-state index in [2.05, 4.69) is 28.9 Å². The van der Waals surface area contributed by atoms with Gasteiger partial charge in [-0.05, 0) is 139 Å². The van der Waals surface area contributed by atoms with Gasteiger partial charge in [-0.15, -0.1) is 11.6 Å². The van der Waals surface area contributed by atoms with Crippen LogP contribution in [0.5, 0.6) is 0 Å². The number of aliphatic imine (C=N–C) groups is 1. The summed E-state index contributed by atoms with van der Waals surface area (Å²) >= 11 is 12.5. The third kappa shape index (κ3) is 10.2. The van der Waals surface area contributed by atoms with Crippen LogP contribution in [0.4, 0.5) is 4.79 Å². The molecule has 1 aromatic rings. The Morgan fingerprint density at radius 3 is 2.11 bits per heavy atom. The number of amides is 2. The average Bonchev–Trinajstić information content (AvgIpc) is 3.20. The van der Waals surface area contributed by atoms with E-state index >= 15 is 0 Å². The number of carbonyl (C=O) groups excluding carboxylic acids is 2. The smallest absolute Gasteiger partial charge is 0.410 e. The minimum atomic E-state index is -0.484. The molecule has 1 aromatic carbocycles. The summed E-state index contributed by atoms with van der Waals surface area (Å²) in [6.45, 7) is 17.1. The quantitative estimate of drug-likeness (QED) is 0.221. The Balaban J connectivity index is 0.00000245. The van der Waals surface area contributed by atoms with Crippen molar-refractivity contribution in [2.24, 2.45) is 22.7 Å². The topological polar surface area (TPSA) is 65.5 Å². The van der Waals surface area contributed by atoms with Crippen LogP contribution in [0, 0.1) is 17.8 Å². The van der Waals surface area contributed by atoms with Gasteiger partial charge in [0.05, 0.1) is 17.6 Å². The maximum absolute atomic E-state index is 13.2. The molecular weight excluding hydrogens is 631 g/mol. The number of rotatable bonds is 6. The molecule has 0 spiro atoms. The molecule has 1 atom stereocenters. The molecule has 3 fully saturated rings. The van der Waals surface area contributed by atoms with Gasteiger partial charge in [-0.1, -0.05) is 31.5 Å². The van der Waals surface area contributed by atoms with Gasteiger partial charge in [0.1, 0.15) is 5.60 Å². The number of ether oxygens (including phenoxy) is 1. The Morgan fingerprint density at radius 1 is 0.915 bits per heavy atom. The number of carbonyl (C=O) groups is 2. The summed E-state index contributed by atoms with van der Waals surface area (Å²) in [7, 11) is 0. The maximum Gasteiger partial charge on any atom is 0.410 e. The highest BCUT2D eigenvalue weighted by molar-refractivity contribution is 6.30. The molecule has 3 aliphatic heterocycles. The molecule has 0 N–H and O–H groups in total. The highest BCUT2D eigenvalue weighted by atomic mass is 35.5. The Morgan fingerprint density at radius 2 is 1.51 bits per heavy atom. The van der Waals surface area contributed by atoms with E-state index in [0.29, 0.717) is 49.1 Å². The van der Waals surface area contributed by atoms with Crippen LogP contribution in [0.2, 0.25) is 5.02 Å². The number of nitrogens with zero attached hydrogens (tertiary/aromatic N) is 4. The van der Waals surface area contributed by atoms with E-state index in [1.54, 1.807) is 4.90 Å². The average molecular weight is 690 g/mol. The molecule has 0 aromatic heterocycles. The van der Waals surface area contributed by atoms with E-state index in [-0.39, 0.29) is 12.1 Å². The van der Waals surface area contributed by atoms with E-state index in [9.17, 15) is 9.59 Å². The zero-order chi connectivity index (χ0) is 34.1. The lowest BCUT2D eigenvalue weighted by Crippen LogP contribution is -2.45. The molecule has 5 rings (SSSR count). The molecule has 3 saturated heterocycles. The number of aryl methyl sites for hydroxylation is 1. The van der Waals surface area contributed by atoms with Crippen LogP contribution in [0.3, 0.4) is 0 Å². The lowest BCUT2D eigenvalue weighted by molar-refractivity contribution is -0.134. The van der Waals surface area contributed by atoms with Crippen molar-refractivity contribution in [2.45, 2.75) is 111 Å². The Kier molecular flexibility index (Phi) is 14.1. The van der Waals surface area contributed by atoms with Gasteiger partial charge < -0.3 is 14.5 Å². The molecule has 47 heavy (non-hydrogen) atoms. The first-order valence-corrected chi connectivity index (χ1v) is 19.0. The number of hydrogen-bond donors (Lipinski definition) is 0. The largest absolute Gasteiger partial charge is 0.444 e. The molecule has 0 radical (unpaired) electrons. The number of fused-ring (bicyclic) bond motifs is 1. The summed E-state index contributed by atoms with van der Waals surface area (Å²) in [6, 6.07) is 6.50. The second-order valence-electron chi connectivity index (χ2n) is 14.6. The summed E-state index contributed by atoms with van der Waals surface area (Å²) in [5, 5.41) is 0.796. The van der Waals surface area contributed by atoms with Crippen molar-refractivity contribution < 1.29 is 14.3 Å². The van der Waals surface area contributed by atoms with Gasteiger partial charge in [0.15, 0.2) is 0 Å². The number of hydrogen-bond acceptors (Lipinski definition) is 5. The minimum Gasteiger partial charge on any atom is -0.444 e. The first-order valence-electron chi connectivity index (χ1n) is 18.1. The Labute approximate surface area is 294 Å². The molecule has 262 valence electrons.